The smallest absolute Gasteiger partial charge is 0.164 e. The van der Waals surface area contributed by atoms with Crippen LogP contribution in [0.2, 0.25) is 0 Å². The SMILES string of the molecule is Fc1cc2c(cc1CN1CCNCC1)OCCCO2. The van der Waals surface area contributed by atoms with Crippen molar-refractivity contribution >= 4 is 0 Å². The molecule has 5 heteroatoms. The highest BCUT2D eigenvalue weighted by Crippen LogP contribution is 2.32. The highest BCUT2D eigenvalue weighted by Gasteiger charge is 2.17. The van der Waals surface area contributed by atoms with E-state index in [1.165, 1.54) is 6.07 Å². The van der Waals surface area contributed by atoms with Crippen LogP contribution in [0, 0.1) is 5.82 Å². The van der Waals surface area contributed by atoms with Gasteiger partial charge in [0.2, 0.25) is 0 Å². The zero-order chi connectivity index (χ0) is 13.1. The lowest BCUT2D eigenvalue weighted by atomic mass is 10.1. The van der Waals surface area contributed by atoms with Crippen molar-refractivity contribution in [3.63, 3.8) is 0 Å². The molecule has 1 aromatic rings. The number of benzene rings is 1. The second kappa shape index (κ2) is 5.75. The second-order valence-corrected chi connectivity index (χ2v) is 4.97. The molecule has 2 aliphatic heterocycles. The molecule has 3 rings (SSSR count). The summed E-state index contributed by atoms with van der Waals surface area (Å²) in [5.74, 6) is 0.992. The highest BCUT2D eigenvalue weighted by atomic mass is 19.1. The van der Waals surface area contributed by atoms with Gasteiger partial charge >= 0.3 is 0 Å². The lowest BCUT2D eigenvalue weighted by Gasteiger charge is -2.27. The molecule has 1 fully saturated rings. The summed E-state index contributed by atoms with van der Waals surface area (Å²) in [5, 5.41) is 3.29. The first-order chi connectivity index (χ1) is 9.33. The van der Waals surface area contributed by atoms with Gasteiger partial charge < -0.3 is 14.8 Å². The van der Waals surface area contributed by atoms with E-state index in [1.54, 1.807) is 6.07 Å². The van der Waals surface area contributed by atoms with Crippen molar-refractivity contribution in [2.75, 3.05) is 39.4 Å². The van der Waals surface area contributed by atoms with Crippen LogP contribution in [0.25, 0.3) is 0 Å². The largest absolute Gasteiger partial charge is 0.490 e. The lowest BCUT2D eigenvalue weighted by molar-refractivity contribution is 0.229. The van der Waals surface area contributed by atoms with Gasteiger partial charge in [-0.05, 0) is 6.07 Å². The maximum absolute atomic E-state index is 14.1. The van der Waals surface area contributed by atoms with Crippen molar-refractivity contribution in [2.45, 2.75) is 13.0 Å². The predicted octanol–water partition coefficient (Wildman–Crippen LogP) is 1.39. The number of ether oxygens (including phenoxy) is 2. The van der Waals surface area contributed by atoms with Gasteiger partial charge in [0.25, 0.3) is 0 Å². The molecule has 0 aliphatic carbocycles. The first-order valence-corrected chi connectivity index (χ1v) is 6.84. The topological polar surface area (TPSA) is 33.7 Å². The number of nitrogens with zero attached hydrogens (tertiary/aromatic N) is 1. The van der Waals surface area contributed by atoms with E-state index in [-0.39, 0.29) is 5.82 Å². The summed E-state index contributed by atoms with van der Waals surface area (Å²) in [4.78, 5) is 2.25. The molecule has 0 amide bonds. The highest BCUT2D eigenvalue weighted by molar-refractivity contribution is 5.44. The Hall–Kier alpha value is -1.33. The normalized spacial score (nSPS) is 20.1. The van der Waals surface area contributed by atoms with E-state index in [9.17, 15) is 4.39 Å². The molecule has 0 aromatic heterocycles. The summed E-state index contributed by atoms with van der Waals surface area (Å²) in [6.07, 6.45) is 0.837. The molecule has 0 atom stereocenters. The standard InChI is InChI=1S/C14H19FN2O2/c15-12-9-14-13(18-6-1-7-19-14)8-11(12)10-17-4-2-16-3-5-17/h8-9,16H,1-7,10H2. The van der Waals surface area contributed by atoms with E-state index in [2.05, 4.69) is 10.2 Å². The zero-order valence-electron chi connectivity index (χ0n) is 11.0. The van der Waals surface area contributed by atoms with E-state index in [0.717, 1.165) is 32.6 Å². The average molecular weight is 266 g/mol. The number of rotatable bonds is 2. The monoisotopic (exact) mass is 266 g/mol. The van der Waals surface area contributed by atoms with Crippen LogP contribution >= 0.6 is 0 Å². The number of piperazine rings is 1. The third kappa shape index (κ3) is 2.98. The molecule has 0 spiro atoms. The van der Waals surface area contributed by atoms with Crippen molar-refractivity contribution < 1.29 is 13.9 Å². The van der Waals surface area contributed by atoms with Crippen LogP contribution < -0.4 is 14.8 Å². The van der Waals surface area contributed by atoms with Crippen LogP contribution in [-0.4, -0.2) is 44.3 Å². The van der Waals surface area contributed by atoms with E-state index >= 15 is 0 Å². The van der Waals surface area contributed by atoms with Crippen LogP contribution in [0.4, 0.5) is 4.39 Å². The van der Waals surface area contributed by atoms with Crippen LogP contribution in [0.1, 0.15) is 12.0 Å². The summed E-state index contributed by atoms with van der Waals surface area (Å²) in [6.45, 7) is 5.68. The van der Waals surface area contributed by atoms with Crippen molar-refractivity contribution in [1.82, 2.24) is 10.2 Å². The quantitative estimate of drug-likeness (QED) is 0.877. The summed E-state index contributed by atoms with van der Waals surface area (Å²) < 4.78 is 25.2. The Balaban J connectivity index is 1.78. The van der Waals surface area contributed by atoms with Gasteiger partial charge in [-0.25, -0.2) is 4.39 Å². The molecule has 0 saturated carbocycles. The number of hydrogen-bond donors (Lipinski definition) is 1. The fourth-order valence-electron chi connectivity index (χ4n) is 2.46. The molecule has 0 unspecified atom stereocenters. The Morgan fingerprint density at radius 1 is 1.11 bits per heavy atom. The molecule has 1 aromatic carbocycles. The Morgan fingerprint density at radius 3 is 2.53 bits per heavy atom. The van der Waals surface area contributed by atoms with Crippen LogP contribution in [0.15, 0.2) is 12.1 Å². The van der Waals surface area contributed by atoms with Crippen molar-refractivity contribution in [1.29, 1.82) is 0 Å². The van der Waals surface area contributed by atoms with E-state index in [0.29, 0.717) is 36.8 Å². The molecular formula is C14H19FN2O2. The Kier molecular flexibility index (Phi) is 3.84. The Bertz CT molecular complexity index is 447. The third-order valence-corrected chi connectivity index (χ3v) is 3.52. The lowest BCUT2D eigenvalue weighted by Crippen LogP contribution is -2.43. The molecule has 19 heavy (non-hydrogen) atoms. The maximum Gasteiger partial charge on any atom is 0.164 e. The molecule has 4 nitrogen and oxygen atoms in total. The van der Waals surface area contributed by atoms with Gasteiger partial charge in [-0.2, -0.15) is 0 Å². The summed E-state index contributed by atoms with van der Waals surface area (Å²) >= 11 is 0. The van der Waals surface area contributed by atoms with Crippen LogP contribution in [0.5, 0.6) is 11.5 Å². The molecular weight excluding hydrogens is 247 g/mol. The maximum atomic E-state index is 14.1. The van der Waals surface area contributed by atoms with Crippen LogP contribution in [0.3, 0.4) is 0 Å². The Labute approximate surface area is 112 Å². The fourth-order valence-corrected chi connectivity index (χ4v) is 2.46. The van der Waals surface area contributed by atoms with Gasteiger partial charge in [-0.3, -0.25) is 4.90 Å². The minimum atomic E-state index is -0.206. The number of hydrogen-bond acceptors (Lipinski definition) is 4. The summed E-state index contributed by atoms with van der Waals surface area (Å²) in [6, 6.07) is 3.25. The van der Waals surface area contributed by atoms with Gasteiger partial charge in [0, 0.05) is 50.8 Å². The second-order valence-electron chi connectivity index (χ2n) is 4.97. The van der Waals surface area contributed by atoms with Gasteiger partial charge in [0.05, 0.1) is 13.2 Å². The molecule has 104 valence electrons. The number of nitrogens with one attached hydrogen (secondary N) is 1. The van der Waals surface area contributed by atoms with Crippen LogP contribution in [-0.2, 0) is 6.54 Å². The molecule has 2 aliphatic rings. The molecule has 2 heterocycles. The minimum absolute atomic E-state index is 0.206. The molecule has 0 radical (unpaired) electrons. The first kappa shape index (κ1) is 12.7. The van der Waals surface area contributed by atoms with Gasteiger partial charge in [-0.1, -0.05) is 0 Å². The van der Waals surface area contributed by atoms with Crippen molar-refractivity contribution in [2.24, 2.45) is 0 Å². The fraction of sp³-hybridized carbons (Fsp3) is 0.571. The van der Waals surface area contributed by atoms with Gasteiger partial charge in [0.15, 0.2) is 11.5 Å². The molecule has 1 saturated heterocycles. The Morgan fingerprint density at radius 2 is 1.79 bits per heavy atom. The predicted molar refractivity (Wildman–Crippen MR) is 70.2 cm³/mol. The minimum Gasteiger partial charge on any atom is -0.490 e. The van der Waals surface area contributed by atoms with Gasteiger partial charge in [0.1, 0.15) is 5.82 Å². The number of halogens is 1. The van der Waals surface area contributed by atoms with Gasteiger partial charge in [-0.15, -0.1) is 0 Å². The summed E-state index contributed by atoms with van der Waals surface area (Å²) in [7, 11) is 0. The molecule has 0 bridgehead atoms. The zero-order valence-corrected chi connectivity index (χ0v) is 11.0. The molecule has 1 N–H and O–H groups in total. The van der Waals surface area contributed by atoms with E-state index < -0.39 is 0 Å². The van der Waals surface area contributed by atoms with Crippen molar-refractivity contribution in [3.8, 4) is 11.5 Å². The van der Waals surface area contributed by atoms with E-state index in [4.69, 9.17) is 9.47 Å². The third-order valence-electron chi connectivity index (χ3n) is 3.52. The summed E-state index contributed by atoms with van der Waals surface area (Å²) in [5.41, 5.74) is 0.686. The van der Waals surface area contributed by atoms with Crippen molar-refractivity contribution in [3.05, 3.63) is 23.5 Å². The number of fused-ring (bicyclic) bond motifs is 1. The average Bonchev–Trinajstić information content (AvgIpc) is 2.65. The first-order valence-electron chi connectivity index (χ1n) is 6.84. The van der Waals surface area contributed by atoms with E-state index in [1.807, 2.05) is 0 Å².